The lowest BCUT2D eigenvalue weighted by Gasteiger charge is -2.13. The van der Waals surface area contributed by atoms with Crippen LogP contribution in [-0.2, 0) is 22.7 Å². The van der Waals surface area contributed by atoms with Gasteiger partial charge in [-0.25, -0.2) is 0 Å². The number of aliphatic hydroxyl groups is 1. The molecule has 9 nitrogen and oxygen atoms in total. The van der Waals surface area contributed by atoms with Crippen LogP contribution >= 0.6 is 11.3 Å². The zero-order valence-electron chi connectivity index (χ0n) is 21.7. The highest BCUT2D eigenvalue weighted by Gasteiger charge is 2.33. The maximum Gasteiger partial charge on any atom is 0.308 e. The molecular weight excluding hydrogens is 502 g/mol. The van der Waals surface area contributed by atoms with Gasteiger partial charge in [0.2, 0.25) is 0 Å². The Bertz CT molecular complexity index is 1510. The van der Waals surface area contributed by atoms with E-state index >= 15 is 0 Å². The number of carbonyl (C=O) groups excluding carboxylic acids is 1. The van der Waals surface area contributed by atoms with Gasteiger partial charge in [0, 0.05) is 28.2 Å². The van der Waals surface area contributed by atoms with Crippen LogP contribution in [0.3, 0.4) is 0 Å². The van der Waals surface area contributed by atoms with E-state index < -0.39 is 6.04 Å². The zero-order valence-corrected chi connectivity index (χ0v) is 22.5. The second-order valence-electron chi connectivity index (χ2n) is 8.99. The minimum atomic E-state index is -0.568. The van der Waals surface area contributed by atoms with Crippen molar-refractivity contribution in [3.8, 4) is 10.8 Å². The van der Waals surface area contributed by atoms with Crippen LogP contribution in [0.25, 0.3) is 5.00 Å². The van der Waals surface area contributed by atoms with E-state index in [1.165, 1.54) is 18.4 Å². The summed E-state index contributed by atoms with van der Waals surface area (Å²) in [6.07, 6.45) is 0.0408. The fraction of sp³-hybridized carbons (Fsp3) is 0.286. The number of esters is 1. The predicted molar refractivity (Wildman–Crippen MR) is 146 cm³/mol. The number of rotatable bonds is 8. The third-order valence-electron chi connectivity index (χ3n) is 6.62. The average Bonchev–Trinajstić information content (AvgIpc) is 3.44. The number of fused-ring (bicyclic) bond motifs is 3. The van der Waals surface area contributed by atoms with Gasteiger partial charge < -0.3 is 19.9 Å². The molecule has 0 fully saturated rings. The first-order valence-electron chi connectivity index (χ1n) is 12.2. The van der Waals surface area contributed by atoms with Gasteiger partial charge in [0.25, 0.3) is 0 Å². The molecule has 0 radical (unpaired) electrons. The molecule has 5 rings (SSSR count). The van der Waals surface area contributed by atoms with Crippen LogP contribution in [0.15, 0.2) is 53.5 Å². The Labute approximate surface area is 224 Å². The summed E-state index contributed by atoms with van der Waals surface area (Å²) in [6, 6.07) is 15.4. The third kappa shape index (κ3) is 4.80. The van der Waals surface area contributed by atoms with Gasteiger partial charge in [-0.05, 0) is 49.2 Å². The van der Waals surface area contributed by atoms with Gasteiger partial charge in [0.1, 0.15) is 22.6 Å². The smallest absolute Gasteiger partial charge is 0.308 e. The molecule has 2 aromatic heterocycles. The molecule has 0 unspecified atom stereocenters. The maximum absolute atomic E-state index is 12.3. The first-order valence-corrected chi connectivity index (χ1v) is 13.0. The molecule has 0 saturated heterocycles. The fourth-order valence-electron chi connectivity index (χ4n) is 4.58. The third-order valence-corrected chi connectivity index (χ3v) is 7.88. The van der Waals surface area contributed by atoms with Crippen LogP contribution < -0.4 is 10.1 Å². The van der Waals surface area contributed by atoms with Crippen LogP contribution in [-0.4, -0.2) is 45.8 Å². The summed E-state index contributed by atoms with van der Waals surface area (Å²) in [7, 11) is 3.03. The molecule has 0 saturated carbocycles. The Morgan fingerprint density at radius 3 is 2.63 bits per heavy atom. The highest BCUT2D eigenvalue weighted by molar-refractivity contribution is 7.15. The minimum absolute atomic E-state index is 0.0408. The summed E-state index contributed by atoms with van der Waals surface area (Å²) in [5.41, 5.74) is 5.57. The lowest BCUT2D eigenvalue weighted by atomic mass is 9.99. The number of nitrogens with one attached hydrogen (secondary N) is 1. The Kier molecular flexibility index (Phi) is 7.26. The zero-order chi connectivity index (χ0) is 26.8. The Balaban J connectivity index is 1.53. The number of aryl methyl sites for hydroxylation is 1. The average molecular weight is 532 g/mol. The van der Waals surface area contributed by atoms with Crippen LogP contribution in [0.2, 0.25) is 0 Å². The van der Waals surface area contributed by atoms with Crippen molar-refractivity contribution >= 4 is 28.7 Å². The van der Waals surface area contributed by atoms with E-state index in [0.717, 1.165) is 49.3 Å². The number of thiophene rings is 1. The number of anilines is 1. The second-order valence-corrected chi connectivity index (χ2v) is 10.1. The summed E-state index contributed by atoms with van der Waals surface area (Å²) in [5, 5.41) is 23.0. The summed E-state index contributed by atoms with van der Waals surface area (Å²) in [6.45, 7) is 4.43. The standard InChI is InChI=1S/C28H29N5O4S/c1-16-23(15-34)38-28-25(16)26(30-22(13-24(35)37-4)27-32-31-17(2)33(27)28)19-8-10-20(11-9-19)29-14-18-6-5-7-21(12-18)36-3/h5-12,22,29,34H,13-15H2,1-4H3/t22-/m0/s1. The van der Waals surface area contributed by atoms with Gasteiger partial charge >= 0.3 is 5.97 Å². The first kappa shape index (κ1) is 25.6. The quantitative estimate of drug-likeness (QED) is 0.322. The van der Waals surface area contributed by atoms with Crippen molar-refractivity contribution in [2.45, 2.75) is 39.5 Å². The van der Waals surface area contributed by atoms with E-state index in [0.29, 0.717) is 18.2 Å². The number of methoxy groups -OCH3 is 2. The van der Waals surface area contributed by atoms with Gasteiger partial charge in [-0.1, -0.05) is 24.3 Å². The summed E-state index contributed by atoms with van der Waals surface area (Å²) in [4.78, 5) is 18.2. The molecule has 0 spiro atoms. The topological polar surface area (TPSA) is 111 Å². The van der Waals surface area contributed by atoms with Gasteiger partial charge in [-0.2, -0.15) is 0 Å². The molecule has 38 heavy (non-hydrogen) atoms. The molecular formula is C28H29N5O4S. The second kappa shape index (κ2) is 10.8. The molecule has 1 atom stereocenters. The lowest BCUT2D eigenvalue weighted by Crippen LogP contribution is -2.12. The number of hydrogen-bond acceptors (Lipinski definition) is 9. The molecule has 10 heteroatoms. The highest BCUT2D eigenvalue weighted by Crippen LogP contribution is 2.40. The molecule has 0 aliphatic carbocycles. The normalized spacial score (nSPS) is 14.2. The molecule has 4 aromatic rings. The van der Waals surface area contributed by atoms with Crippen molar-refractivity contribution in [3.05, 3.63) is 87.3 Å². The van der Waals surface area contributed by atoms with Gasteiger partial charge in [-0.15, -0.1) is 21.5 Å². The Morgan fingerprint density at radius 1 is 1.13 bits per heavy atom. The number of aromatic nitrogens is 3. The summed E-state index contributed by atoms with van der Waals surface area (Å²) >= 11 is 1.49. The van der Waals surface area contributed by atoms with Crippen molar-refractivity contribution < 1.29 is 19.4 Å². The number of aliphatic hydroxyl groups excluding tert-OH is 1. The molecule has 0 bridgehead atoms. The summed E-state index contributed by atoms with van der Waals surface area (Å²) in [5.74, 6) is 1.71. The van der Waals surface area contributed by atoms with E-state index in [4.69, 9.17) is 14.5 Å². The van der Waals surface area contributed by atoms with E-state index in [1.807, 2.05) is 66.9 Å². The van der Waals surface area contributed by atoms with Crippen molar-refractivity contribution in [1.82, 2.24) is 14.8 Å². The molecule has 3 heterocycles. The number of aliphatic imine (C=N–C) groups is 1. The number of hydrogen-bond donors (Lipinski definition) is 2. The molecule has 2 N–H and O–H groups in total. The van der Waals surface area contributed by atoms with E-state index in [1.54, 1.807) is 7.11 Å². The summed E-state index contributed by atoms with van der Waals surface area (Å²) < 4.78 is 12.2. The number of carbonyl (C=O) groups is 1. The van der Waals surface area contributed by atoms with E-state index in [2.05, 4.69) is 15.5 Å². The van der Waals surface area contributed by atoms with Gasteiger partial charge in [-0.3, -0.25) is 14.4 Å². The van der Waals surface area contributed by atoms with Crippen molar-refractivity contribution in [2.24, 2.45) is 4.99 Å². The molecule has 196 valence electrons. The Morgan fingerprint density at radius 2 is 1.92 bits per heavy atom. The number of ether oxygens (including phenoxy) is 2. The first-order chi connectivity index (χ1) is 18.4. The predicted octanol–water partition coefficient (Wildman–Crippen LogP) is 4.51. The largest absolute Gasteiger partial charge is 0.497 e. The van der Waals surface area contributed by atoms with Crippen LogP contribution in [0.1, 0.15) is 51.2 Å². The molecule has 0 amide bonds. The van der Waals surface area contributed by atoms with Crippen LogP contribution in [0.5, 0.6) is 5.75 Å². The van der Waals surface area contributed by atoms with Gasteiger partial charge in [0.05, 0.1) is 33.0 Å². The molecule has 1 aliphatic heterocycles. The Hall–Kier alpha value is -4.02. The van der Waals surface area contributed by atoms with Crippen LogP contribution in [0.4, 0.5) is 5.69 Å². The van der Waals surface area contributed by atoms with E-state index in [9.17, 15) is 9.90 Å². The monoisotopic (exact) mass is 531 g/mol. The highest BCUT2D eigenvalue weighted by atomic mass is 32.1. The van der Waals surface area contributed by atoms with Gasteiger partial charge in [0.15, 0.2) is 5.82 Å². The fourth-order valence-corrected chi connectivity index (χ4v) is 5.81. The SMILES string of the molecule is COC(=O)C[C@@H]1N=C(c2ccc(NCc3cccc(OC)c3)cc2)c2c(sc(CO)c2C)-n2c(C)nnc21. The van der Waals surface area contributed by atoms with Crippen molar-refractivity contribution in [1.29, 1.82) is 0 Å². The number of benzene rings is 2. The van der Waals surface area contributed by atoms with E-state index in [-0.39, 0.29) is 19.0 Å². The van der Waals surface area contributed by atoms with Crippen molar-refractivity contribution in [3.63, 3.8) is 0 Å². The minimum Gasteiger partial charge on any atom is -0.497 e. The number of nitrogens with zero attached hydrogens (tertiary/aromatic N) is 4. The maximum atomic E-state index is 12.3. The van der Waals surface area contributed by atoms with Crippen LogP contribution in [0, 0.1) is 13.8 Å². The van der Waals surface area contributed by atoms with Crippen molar-refractivity contribution in [2.75, 3.05) is 19.5 Å². The molecule has 1 aliphatic rings. The molecule has 2 aromatic carbocycles. The lowest BCUT2D eigenvalue weighted by molar-refractivity contribution is -0.141.